The van der Waals surface area contributed by atoms with Crippen molar-refractivity contribution in [3.8, 4) is 5.88 Å². The van der Waals surface area contributed by atoms with Crippen LogP contribution >= 0.6 is 0 Å². The van der Waals surface area contributed by atoms with E-state index in [4.69, 9.17) is 4.74 Å². The molecule has 0 saturated heterocycles. The number of nitrogens with zero attached hydrogens (tertiary/aromatic N) is 2. The van der Waals surface area contributed by atoms with Gasteiger partial charge in [0.25, 0.3) is 5.91 Å². The summed E-state index contributed by atoms with van der Waals surface area (Å²) in [6.45, 7) is 1.79. The number of pyridine rings is 1. The molecule has 1 atom stereocenters. The standard InChI is InChI=1S/C23H19F2N3O4/c1-13-12-32-22-19(28(13)23(30)31)11-15(10-14-2-4-16(24)5-3-14)20(27-22)21(29)26-18-8-6-17(25)7-9-18/h2-9,11,13H,10,12H2,1H3,(H,26,29)(H,30,31)/t13-/m0/s1. The maximum absolute atomic E-state index is 13.3. The number of fused-ring (bicyclic) bond motifs is 1. The van der Waals surface area contributed by atoms with Gasteiger partial charge in [-0.2, -0.15) is 0 Å². The average molecular weight is 439 g/mol. The van der Waals surface area contributed by atoms with Gasteiger partial charge in [0.15, 0.2) is 0 Å². The monoisotopic (exact) mass is 439 g/mol. The molecule has 1 aromatic heterocycles. The molecule has 2 heterocycles. The fourth-order valence-electron chi connectivity index (χ4n) is 3.48. The van der Waals surface area contributed by atoms with E-state index in [-0.39, 0.29) is 30.3 Å². The molecule has 0 bridgehead atoms. The van der Waals surface area contributed by atoms with Crippen LogP contribution in [-0.2, 0) is 6.42 Å². The largest absolute Gasteiger partial charge is 0.474 e. The number of carbonyl (C=O) groups excluding carboxylic acids is 1. The third-order valence-electron chi connectivity index (χ3n) is 5.04. The van der Waals surface area contributed by atoms with Crippen molar-refractivity contribution >= 4 is 23.4 Å². The lowest BCUT2D eigenvalue weighted by Crippen LogP contribution is -2.44. The minimum Gasteiger partial charge on any atom is -0.474 e. The van der Waals surface area contributed by atoms with E-state index in [2.05, 4.69) is 10.3 Å². The molecule has 4 rings (SSSR count). The van der Waals surface area contributed by atoms with Crippen LogP contribution in [0.2, 0.25) is 0 Å². The number of amides is 2. The molecule has 1 aliphatic rings. The molecular formula is C23H19F2N3O4. The molecule has 2 amide bonds. The SMILES string of the molecule is C[C@H]1COc2nc(C(=O)Nc3ccc(F)cc3)c(Cc3ccc(F)cc3)cc2N1C(=O)O. The molecule has 2 N–H and O–H groups in total. The summed E-state index contributed by atoms with van der Waals surface area (Å²) >= 11 is 0. The van der Waals surface area contributed by atoms with E-state index in [0.717, 1.165) is 4.90 Å². The van der Waals surface area contributed by atoms with Crippen LogP contribution in [0.25, 0.3) is 0 Å². The highest BCUT2D eigenvalue weighted by Gasteiger charge is 2.32. The van der Waals surface area contributed by atoms with Crippen LogP contribution in [0.1, 0.15) is 28.5 Å². The number of carbonyl (C=O) groups is 2. The Bertz CT molecular complexity index is 1170. The summed E-state index contributed by atoms with van der Waals surface area (Å²) in [4.78, 5) is 30.3. The maximum Gasteiger partial charge on any atom is 0.412 e. The molecule has 0 unspecified atom stereocenters. The number of aromatic nitrogens is 1. The van der Waals surface area contributed by atoms with E-state index in [1.54, 1.807) is 25.1 Å². The first-order valence-electron chi connectivity index (χ1n) is 9.82. The zero-order chi connectivity index (χ0) is 22.8. The van der Waals surface area contributed by atoms with E-state index in [9.17, 15) is 23.5 Å². The molecule has 0 aliphatic carbocycles. The van der Waals surface area contributed by atoms with Crippen molar-refractivity contribution in [1.82, 2.24) is 4.98 Å². The summed E-state index contributed by atoms with van der Waals surface area (Å²) in [5.41, 5.74) is 1.75. The van der Waals surface area contributed by atoms with Crippen LogP contribution in [0.5, 0.6) is 5.88 Å². The Morgan fingerprint density at radius 3 is 2.38 bits per heavy atom. The molecule has 164 valence electrons. The van der Waals surface area contributed by atoms with Crippen LogP contribution in [0.4, 0.5) is 25.0 Å². The van der Waals surface area contributed by atoms with Gasteiger partial charge in [-0.15, -0.1) is 0 Å². The van der Waals surface area contributed by atoms with Crippen molar-refractivity contribution in [2.24, 2.45) is 0 Å². The molecular weight excluding hydrogens is 420 g/mol. The molecule has 32 heavy (non-hydrogen) atoms. The first kappa shape index (κ1) is 21.2. The number of ether oxygens (including phenoxy) is 1. The second kappa shape index (κ2) is 8.62. The van der Waals surface area contributed by atoms with Gasteiger partial charge in [0.05, 0.1) is 6.04 Å². The van der Waals surface area contributed by atoms with E-state index >= 15 is 0 Å². The maximum atomic E-state index is 13.3. The van der Waals surface area contributed by atoms with E-state index in [0.29, 0.717) is 16.8 Å². The normalized spacial score (nSPS) is 15.0. The Kier molecular flexibility index (Phi) is 5.72. The highest BCUT2D eigenvalue weighted by molar-refractivity contribution is 6.04. The van der Waals surface area contributed by atoms with Gasteiger partial charge in [-0.1, -0.05) is 12.1 Å². The first-order chi connectivity index (χ1) is 15.3. The van der Waals surface area contributed by atoms with Gasteiger partial charge in [0.1, 0.15) is 29.6 Å². The summed E-state index contributed by atoms with van der Waals surface area (Å²) in [6.07, 6.45) is -0.964. The number of nitrogens with one attached hydrogen (secondary N) is 1. The van der Waals surface area contributed by atoms with Gasteiger partial charge in [0.2, 0.25) is 5.88 Å². The van der Waals surface area contributed by atoms with Crippen LogP contribution in [0.15, 0.2) is 54.6 Å². The summed E-state index contributed by atoms with van der Waals surface area (Å²) in [7, 11) is 0. The Morgan fingerprint density at radius 2 is 1.75 bits per heavy atom. The number of rotatable bonds is 4. The highest BCUT2D eigenvalue weighted by atomic mass is 19.1. The fraction of sp³-hybridized carbons (Fsp3) is 0.174. The fourth-order valence-corrected chi connectivity index (χ4v) is 3.48. The van der Waals surface area contributed by atoms with E-state index in [1.807, 2.05) is 0 Å². The van der Waals surface area contributed by atoms with Crippen molar-refractivity contribution in [1.29, 1.82) is 0 Å². The van der Waals surface area contributed by atoms with Crippen LogP contribution in [0, 0.1) is 11.6 Å². The van der Waals surface area contributed by atoms with Crippen LogP contribution < -0.4 is 15.0 Å². The second-order valence-corrected chi connectivity index (χ2v) is 7.40. The number of benzene rings is 2. The Balaban J connectivity index is 1.76. The lowest BCUT2D eigenvalue weighted by atomic mass is 10.0. The molecule has 7 nitrogen and oxygen atoms in total. The molecule has 2 aromatic carbocycles. The predicted molar refractivity (Wildman–Crippen MR) is 113 cm³/mol. The minimum atomic E-state index is -1.17. The minimum absolute atomic E-state index is 0.0253. The first-order valence-corrected chi connectivity index (χ1v) is 9.82. The Morgan fingerprint density at radius 1 is 1.12 bits per heavy atom. The summed E-state index contributed by atoms with van der Waals surface area (Å²) < 4.78 is 32.1. The van der Waals surface area contributed by atoms with Crippen molar-refractivity contribution in [3.63, 3.8) is 0 Å². The zero-order valence-corrected chi connectivity index (χ0v) is 17.0. The van der Waals surface area contributed by atoms with Gasteiger partial charge in [-0.05, 0) is 66.9 Å². The van der Waals surface area contributed by atoms with Crippen LogP contribution in [-0.4, -0.2) is 34.7 Å². The number of anilines is 2. The average Bonchev–Trinajstić information content (AvgIpc) is 2.76. The van der Waals surface area contributed by atoms with Crippen molar-refractivity contribution in [2.45, 2.75) is 19.4 Å². The molecule has 3 aromatic rings. The predicted octanol–water partition coefficient (Wildman–Crippen LogP) is 4.47. The zero-order valence-electron chi connectivity index (χ0n) is 17.0. The summed E-state index contributed by atoms with van der Waals surface area (Å²) in [5.74, 6) is -1.38. The number of hydrogen-bond donors (Lipinski definition) is 2. The lowest BCUT2D eigenvalue weighted by molar-refractivity contribution is 0.102. The smallest absolute Gasteiger partial charge is 0.412 e. The van der Waals surface area contributed by atoms with Crippen molar-refractivity contribution in [3.05, 3.63) is 83.1 Å². The van der Waals surface area contributed by atoms with Gasteiger partial charge >= 0.3 is 6.09 Å². The topological polar surface area (TPSA) is 91.8 Å². The van der Waals surface area contributed by atoms with Crippen LogP contribution in [0.3, 0.4) is 0 Å². The number of halogens is 2. The third-order valence-corrected chi connectivity index (χ3v) is 5.04. The third kappa shape index (κ3) is 4.36. The Labute approximate surface area is 182 Å². The molecule has 0 saturated carbocycles. The quantitative estimate of drug-likeness (QED) is 0.626. The molecule has 0 radical (unpaired) electrons. The van der Waals surface area contributed by atoms with Gasteiger partial charge in [-0.25, -0.2) is 18.6 Å². The molecule has 0 spiro atoms. The number of hydrogen-bond acceptors (Lipinski definition) is 4. The lowest BCUT2D eigenvalue weighted by Gasteiger charge is -2.32. The van der Waals surface area contributed by atoms with Crippen molar-refractivity contribution < 1.29 is 28.2 Å². The van der Waals surface area contributed by atoms with Gasteiger partial charge < -0.3 is 15.2 Å². The Hall–Kier alpha value is -4.01. The number of carboxylic acid groups (broad SMARTS) is 1. The van der Waals surface area contributed by atoms with Gasteiger partial charge in [-0.3, -0.25) is 9.69 Å². The van der Waals surface area contributed by atoms with Gasteiger partial charge in [0, 0.05) is 5.69 Å². The molecule has 0 fully saturated rings. The van der Waals surface area contributed by atoms with E-state index in [1.165, 1.54) is 36.4 Å². The van der Waals surface area contributed by atoms with E-state index < -0.39 is 29.7 Å². The molecule has 9 heteroatoms. The van der Waals surface area contributed by atoms with Crippen molar-refractivity contribution in [2.75, 3.05) is 16.8 Å². The second-order valence-electron chi connectivity index (χ2n) is 7.40. The molecule has 1 aliphatic heterocycles. The summed E-state index contributed by atoms with van der Waals surface area (Å²) in [5, 5.41) is 12.3. The summed E-state index contributed by atoms with van der Waals surface area (Å²) in [6, 6.07) is 12.1. The highest BCUT2D eigenvalue weighted by Crippen LogP contribution is 2.35.